The molecule has 0 N–H and O–H groups in total. The van der Waals surface area contributed by atoms with Gasteiger partial charge < -0.3 is 4.42 Å². The Balaban J connectivity index is 1.90. The van der Waals surface area contributed by atoms with E-state index in [1.807, 2.05) is 17.5 Å². The topological polar surface area (TPSA) is 30.2 Å². The molecule has 0 saturated heterocycles. The van der Waals surface area contributed by atoms with Crippen LogP contribution in [0.2, 0.25) is 0 Å². The van der Waals surface area contributed by atoms with E-state index in [0.29, 0.717) is 12.0 Å². The lowest BCUT2D eigenvalue weighted by Crippen LogP contribution is -1.98. The fraction of sp³-hybridized carbons (Fsp3) is 0.182. The molecule has 0 aliphatic heterocycles. The van der Waals surface area contributed by atoms with Crippen molar-refractivity contribution >= 4 is 17.1 Å². The quantitative estimate of drug-likeness (QED) is 0.719. The maximum atomic E-state index is 11.5. The van der Waals surface area contributed by atoms with E-state index in [0.717, 1.165) is 6.42 Å². The zero-order chi connectivity index (χ0) is 9.80. The molecule has 0 unspecified atom stereocenters. The molecular weight excluding hydrogens is 196 g/mol. The highest BCUT2D eigenvalue weighted by Crippen LogP contribution is 2.13. The van der Waals surface area contributed by atoms with Crippen LogP contribution in [0.1, 0.15) is 21.7 Å². The maximum absolute atomic E-state index is 11.5. The molecule has 0 aliphatic rings. The number of aryl methyl sites for hydroxylation is 1. The van der Waals surface area contributed by atoms with Crippen molar-refractivity contribution in [3.63, 3.8) is 0 Å². The summed E-state index contributed by atoms with van der Waals surface area (Å²) in [6.45, 7) is 0. The van der Waals surface area contributed by atoms with Gasteiger partial charge in [0, 0.05) is 11.3 Å². The largest absolute Gasteiger partial charge is 0.472 e. The van der Waals surface area contributed by atoms with Gasteiger partial charge in [-0.3, -0.25) is 4.79 Å². The highest BCUT2D eigenvalue weighted by Gasteiger charge is 2.07. The van der Waals surface area contributed by atoms with Crippen molar-refractivity contribution in [1.29, 1.82) is 0 Å². The first-order valence-corrected chi connectivity index (χ1v) is 5.32. The van der Waals surface area contributed by atoms with Gasteiger partial charge in [0.05, 0.1) is 11.8 Å². The second-order valence-corrected chi connectivity index (χ2v) is 4.05. The average Bonchev–Trinajstić information content (AvgIpc) is 2.87. The lowest BCUT2D eigenvalue weighted by atomic mass is 10.1. The molecule has 14 heavy (non-hydrogen) atoms. The molecule has 2 aromatic heterocycles. The summed E-state index contributed by atoms with van der Waals surface area (Å²) < 4.78 is 4.85. The Kier molecular flexibility index (Phi) is 2.79. The van der Waals surface area contributed by atoms with Crippen LogP contribution in [0.4, 0.5) is 0 Å². The Morgan fingerprint density at radius 3 is 3.00 bits per heavy atom. The number of ketones is 1. The molecule has 0 aliphatic carbocycles. The minimum atomic E-state index is 0.146. The lowest BCUT2D eigenvalue weighted by molar-refractivity contribution is 0.0982. The van der Waals surface area contributed by atoms with Crippen LogP contribution in [0.15, 0.2) is 40.5 Å². The number of thiophene rings is 1. The Labute approximate surface area is 86.2 Å². The molecule has 2 heterocycles. The van der Waals surface area contributed by atoms with E-state index >= 15 is 0 Å². The van der Waals surface area contributed by atoms with Crippen LogP contribution in [0.25, 0.3) is 0 Å². The predicted molar refractivity (Wildman–Crippen MR) is 55.7 cm³/mol. The Morgan fingerprint density at radius 2 is 2.36 bits per heavy atom. The number of hydrogen-bond acceptors (Lipinski definition) is 3. The van der Waals surface area contributed by atoms with E-state index in [-0.39, 0.29) is 5.78 Å². The van der Waals surface area contributed by atoms with E-state index in [9.17, 15) is 4.79 Å². The fourth-order valence-electron chi connectivity index (χ4n) is 1.26. The van der Waals surface area contributed by atoms with Crippen molar-refractivity contribution in [3.05, 3.63) is 46.5 Å². The summed E-state index contributed by atoms with van der Waals surface area (Å²) in [4.78, 5) is 12.8. The van der Waals surface area contributed by atoms with E-state index in [2.05, 4.69) is 0 Å². The number of hydrogen-bond donors (Lipinski definition) is 0. The van der Waals surface area contributed by atoms with Crippen molar-refractivity contribution in [2.24, 2.45) is 0 Å². The van der Waals surface area contributed by atoms with E-state index in [1.165, 1.54) is 17.4 Å². The Bertz CT molecular complexity index is 387. The normalized spacial score (nSPS) is 10.3. The number of rotatable bonds is 4. The molecule has 0 bridgehead atoms. The second kappa shape index (κ2) is 4.24. The van der Waals surface area contributed by atoms with Crippen LogP contribution >= 0.6 is 11.3 Å². The van der Waals surface area contributed by atoms with Crippen molar-refractivity contribution in [1.82, 2.24) is 0 Å². The van der Waals surface area contributed by atoms with Crippen molar-refractivity contribution < 1.29 is 9.21 Å². The Morgan fingerprint density at radius 1 is 1.43 bits per heavy atom. The van der Waals surface area contributed by atoms with Gasteiger partial charge in [-0.1, -0.05) is 6.07 Å². The number of carbonyl (C=O) groups excluding carboxylic acids is 1. The molecular formula is C11H10O2S. The predicted octanol–water partition coefficient (Wildman–Crippen LogP) is 3.16. The second-order valence-electron chi connectivity index (χ2n) is 3.01. The number of furan rings is 1. The third kappa shape index (κ3) is 2.12. The van der Waals surface area contributed by atoms with E-state index in [1.54, 1.807) is 17.4 Å². The molecule has 2 rings (SSSR count). The summed E-state index contributed by atoms with van der Waals surface area (Å²) in [6, 6.07) is 5.76. The minimum Gasteiger partial charge on any atom is -0.472 e. The Hall–Kier alpha value is -1.35. The number of carbonyl (C=O) groups is 1. The first-order chi connectivity index (χ1) is 6.86. The zero-order valence-corrected chi connectivity index (χ0v) is 8.42. The minimum absolute atomic E-state index is 0.146. The van der Waals surface area contributed by atoms with Crippen molar-refractivity contribution in [2.75, 3.05) is 0 Å². The summed E-state index contributed by atoms with van der Waals surface area (Å²) >= 11 is 1.69. The van der Waals surface area contributed by atoms with Gasteiger partial charge in [0.25, 0.3) is 0 Å². The first kappa shape index (κ1) is 9.21. The van der Waals surface area contributed by atoms with Gasteiger partial charge in [-0.25, -0.2) is 0 Å². The first-order valence-electron chi connectivity index (χ1n) is 4.44. The van der Waals surface area contributed by atoms with Crippen LogP contribution in [-0.2, 0) is 6.42 Å². The fourth-order valence-corrected chi connectivity index (χ4v) is 1.97. The number of Topliss-reactive ketones (excluding diaryl/α,β-unsaturated/α-hetero) is 1. The van der Waals surface area contributed by atoms with Gasteiger partial charge in [0.2, 0.25) is 0 Å². The smallest absolute Gasteiger partial charge is 0.166 e. The van der Waals surface area contributed by atoms with Crippen LogP contribution in [0, 0.1) is 0 Å². The highest BCUT2D eigenvalue weighted by atomic mass is 32.1. The van der Waals surface area contributed by atoms with Gasteiger partial charge in [-0.2, -0.15) is 0 Å². The average molecular weight is 206 g/mol. The summed E-state index contributed by atoms with van der Waals surface area (Å²) in [5.41, 5.74) is 0.668. The molecule has 72 valence electrons. The summed E-state index contributed by atoms with van der Waals surface area (Å²) in [5, 5.41) is 2.03. The SMILES string of the molecule is O=C(CCc1cccs1)c1ccoc1. The summed E-state index contributed by atoms with van der Waals surface area (Å²) in [5.74, 6) is 0.146. The van der Waals surface area contributed by atoms with Gasteiger partial charge in [-0.05, 0) is 23.9 Å². The van der Waals surface area contributed by atoms with E-state index < -0.39 is 0 Å². The standard InChI is InChI=1S/C11H10O2S/c12-11(9-5-6-13-8-9)4-3-10-2-1-7-14-10/h1-2,5-8H,3-4H2. The molecule has 0 spiro atoms. The van der Waals surface area contributed by atoms with E-state index in [4.69, 9.17) is 4.42 Å². The van der Waals surface area contributed by atoms with Crippen molar-refractivity contribution in [3.8, 4) is 0 Å². The third-order valence-electron chi connectivity index (χ3n) is 2.02. The highest BCUT2D eigenvalue weighted by molar-refractivity contribution is 7.09. The molecule has 0 saturated carbocycles. The van der Waals surface area contributed by atoms with Gasteiger partial charge in [-0.15, -0.1) is 11.3 Å². The summed E-state index contributed by atoms with van der Waals surface area (Å²) in [7, 11) is 0. The molecule has 0 radical (unpaired) electrons. The van der Waals surface area contributed by atoms with Crippen LogP contribution in [-0.4, -0.2) is 5.78 Å². The lowest BCUT2D eigenvalue weighted by Gasteiger charge is -1.95. The van der Waals surface area contributed by atoms with Crippen LogP contribution in [0.3, 0.4) is 0 Å². The van der Waals surface area contributed by atoms with Gasteiger partial charge >= 0.3 is 0 Å². The molecule has 0 aromatic carbocycles. The molecule has 0 amide bonds. The molecule has 3 heteroatoms. The van der Waals surface area contributed by atoms with Crippen LogP contribution in [0.5, 0.6) is 0 Å². The summed E-state index contributed by atoms with van der Waals surface area (Å²) in [6.07, 6.45) is 4.40. The zero-order valence-electron chi connectivity index (χ0n) is 7.60. The van der Waals surface area contributed by atoms with Crippen molar-refractivity contribution in [2.45, 2.75) is 12.8 Å². The molecule has 0 fully saturated rings. The maximum Gasteiger partial charge on any atom is 0.166 e. The van der Waals surface area contributed by atoms with Gasteiger partial charge in [0.15, 0.2) is 5.78 Å². The van der Waals surface area contributed by atoms with Gasteiger partial charge in [0.1, 0.15) is 6.26 Å². The monoisotopic (exact) mass is 206 g/mol. The molecule has 2 aromatic rings. The molecule has 0 atom stereocenters. The third-order valence-corrected chi connectivity index (χ3v) is 2.96. The molecule has 2 nitrogen and oxygen atoms in total. The van der Waals surface area contributed by atoms with Crippen LogP contribution < -0.4 is 0 Å².